The maximum absolute atomic E-state index is 13.4. The van der Waals surface area contributed by atoms with Crippen molar-refractivity contribution in [3.05, 3.63) is 28.0 Å². The smallest absolute Gasteiger partial charge is 0.332 e. The van der Waals surface area contributed by atoms with Crippen LogP contribution in [0, 0.1) is 5.82 Å². The van der Waals surface area contributed by atoms with Crippen LogP contribution in [0.15, 0.2) is 17.0 Å². The molecule has 0 aromatic heterocycles. The molecule has 1 aromatic rings. The SMILES string of the molecule is O=C(O)C(O)CCNS(=O)(=O)c1ccc(Cl)c(F)c1Cl. The third kappa shape index (κ3) is 4.03. The van der Waals surface area contributed by atoms with E-state index in [0.29, 0.717) is 0 Å². The van der Waals surface area contributed by atoms with Crippen LogP contribution in [0.1, 0.15) is 6.42 Å². The van der Waals surface area contributed by atoms with E-state index in [4.69, 9.17) is 33.4 Å². The van der Waals surface area contributed by atoms with Crippen LogP contribution in [-0.4, -0.2) is 37.2 Å². The van der Waals surface area contributed by atoms with E-state index < -0.39 is 37.8 Å². The molecule has 0 amide bonds. The fourth-order valence-electron chi connectivity index (χ4n) is 1.25. The van der Waals surface area contributed by atoms with E-state index in [1.54, 1.807) is 0 Å². The summed E-state index contributed by atoms with van der Waals surface area (Å²) in [6, 6.07) is 2.05. The first kappa shape index (κ1) is 17.1. The number of hydrogen-bond donors (Lipinski definition) is 3. The molecule has 6 nitrogen and oxygen atoms in total. The first-order valence-electron chi connectivity index (χ1n) is 5.21. The Kier molecular flexibility index (Phi) is 5.72. The second-order valence-electron chi connectivity index (χ2n) is 3.71. The minimum Gasteiger partial charge on any atom is -0.479 e. The lowest BCUT2D eigenvalue weighted by molar-refractivity contribution is -0.146. The molecule has 0 heterocycles. The molecule has 0 aliphatic heterocycles. The van der Waals surface area contributed by atoms with Crippen molar-refractivity contribution in [1.82, 2.24) is 4.72 Å². The minimum absolute atomic E-state index is 0.324. The lowest BCUT2D eigenvalue weighted by atomic mass is 10.3. The average molecular weight is 346 g/mol. The summed E-state index contributed by atoms with van der Waals surface area (Å²) in [5.41, 5.74) is 0. The van der Waals surface area contributed by atoms with Crippen molar-refractivity contribution in [3.8, 4) is 0 Å². The summed E-state index contributed by atoms with van der Waals surface area (Å²) in [5, 5.41) is 16.4. The molecule has 0 spiro atoms. The quantitative estimate of drug-likeness (QED) is 0.673. The number of sulfonamides is 1. The lowest BCUT2D eigenvalue weighted by Crippen LogP contribution is -2.30. The van der Waals surface area contributed by atoms with Gasteiger partial charge in [-0.05, 0) is 18.6 Å². The molecule has 0 radical (unpaired) electrons. The summed E-state index contributed by atoms with van der Waals surface area (Å²) < 4.78 is 39.1. The fraction of sp³-hybridized carbons (Fsp3) is 0.300. The summed E-state index contributed by atoms with van der Waals surface area (Å²) >= 11 is 11.0. The van der Waals surface area contributed by atoms with Gasteiger partial charge in [-0.1, -0.05) is 23.2 Å². The molecule has 0 aliphatic carbocycles. The largest absolute Gasteiger partial charge is 0.479 e. The second kappa shape index (κ2) is 6.68. The maximum atomic E-state index is 13.4. The molecule has 10 heteroatoms. The van der Waals surface area contributed by atoms with Crippen molar-refractivity contribution in [2.24, 2.45) is 0 Å². The van der Waals surface area contributed by atoms with Gasteiger partial charge in [0.25, 0.3) is 0 Å². The number of aliphatic hydroxyl groups excluding tert-OH is 1. The van der Waals surface area contributed by atoms with Crippen molar-refractivity contribution in [1.29, 1.82) is 0 Å². The van der Waals surface area contributed by atoms with Gasteiger partial charge in [0.05, 0.1) is 10.0 Å². The van der Waals surface area contributed by atoms with Crippen molar-refractivity contribution in [2.75, 3.05) is 6.54 Å². The second-order valence-corrected chi connectivity index (χ2v) is 6.23. The van der Waals surface area contributed by atoms with Crippen molar-refractivity contribution in [2.45, 2.75) is 17.4 Å². The zero-order valence-corrected chi connectivity index (χ0v) is 12.1. The molecular formula is C10H10Cl2FNO5S. The van der Waals surface area contributed by atoms with Crippen LogP contribution in [0.4, 0.5) is 4.39 Å². The Morgan fingerprint density at radius 3 is 2.55 bits per heavy atom. The van der Waals surface area contributed by atoms with Gasteiger partial charge in [0.15, 0.2) is 11.9 Å². The normalized spacial score (nSPS) is 13.2. The first-order chi connectivity index (χ1) is 9.16. The fourth-order valence-corrected chi connectivity index (χ4v) is 3.04. The molecule has 1 atom stereocenters. The first-order valence-corrected chi connectivity index (χ1v) is 7.44. The van der Waals surface area contributed by atoms with Gasteiger partial charge >= 0.3 is 5.97 Å². The molecule has 1 aromatic carbocycles. The highest BCUT2D eigenvalue weighted by Crippen LogP contribution is 2.29. The highest BCUT2D eigenvalue weighted by Gasteiger charge is 2.22. The number of halogens is 3. The number of carboxylic acid groups (broad SMARTS) is 1. The highest BCUT2D eigenvalue weighted by molar-refractivity contribution is 7.89. The van der Waals surface area contributed by atoms with Crippen LogP contribution in [-0.2, 0) is 14.8 Å². The average Bonchev–Trinajstić information content (AvgIpc) is 2.35. The number of rotatable bonds is 6. The molecule has 1 unspecified atom stereocenters. The van der Waals surface area contributed by atoms with Gasteiger partial charge in [-0.2, -0.15) is 0 Å². The van der Waals surface area contributed by atoms with E-state index in [0.717, 1.165) is 12.1 Å². The molecule has 0 saturated heterocycles. The van der Waals surface area contributed by atoms with Gasteiger partial charge in [-0.15, -0.1) is 0 Å². The van der Waals surface area contributed by atoms with Crippen LogP contribution < -0.4 is 4.72 Å². The number of nitrogens with one attached hydrogen (secondary N) is 1. The van der Waals surface area contributed by atoms with Crippen LogP contribution in [0.25, 0.3) is 0 Å². The lowest BCUT2D eigenvalue weighted by Gasteiger charge is -2.10. The predicted octanol–water partition coefficient (Wildman–Crippen LogP) is 1.25. The summed E-state index contributed by atoms with van der Waals surface area (Å²) in [5.74, 6) is -2.54. The molecule has 0 saturated carbocycles. The maximum Gasteiger partial charge on any atom is 0.332 e. The third-order valence-corrected chi connectivity index (χ3v) is 4.56. The Balaban J connectivity index is 2.85. The molecule has 0 fully saturated rings. The van der Waals surface area contributed by atoms with E-state index in [9.17, 15) is 17.6 Å². The number of aliphatic hydroxyl groups is 1. The van der Waals surface area contributed by atoms with Crippen molar-refractivity contribution < 1.29 is 27.8 Å². The monoisotopic (exact) mass is 345 g/mol. The molecular weight excluding hydrogens is 336 g/mol. The topological polar surface area (TPSA) is 104 Å². The Morgan fingerprint density at radius 1 is 1.40 bits per heavy atom. The summed E-state index contributed by atoms with van der Waals surface area (Å²) in [6.45, 7) is -0.351. The number of aliphatic carboxylic acids is 1. The van der Waals surface area contributed by atoms with Crippen LogP contribution in [0.3, 0.4) is 0 Å². The van der Waals surface area contributed by atoms with Gasteiger partial charge in [-0.25, -0.2) is 22.3 Å². The Bertz CT molecular complexity index is 622. The van der Waals surface area contributed by atoms with E-state index in [1.807, 2.05) is 4.72 Å². The van der Waals surface area contributed by atoms with Gasteiger partial charge < -0.3 is 10.2 Å². The highest BCUT2D eigenvalue weighted by atomic mass is 35.5. The van der Waals surface area contributed by atoms with Crippen molar-refractivity contribution >= 4 is 39.2 Å². The van der Waals surface area contributed by atoms with Gasteiger partial charge in [0.2, 0.25) is 10.0 Å². The zero-order valence-electron chi connectivity index (χ0n) is 9.81. The Hall–Kier alpha value is -0.930. The molecule has 3 N–H and O–H groups in total. The minimum atomic E-state index is -4.14. The number of carbonyl (C=O) groups is 1. The Labute approximate surface area is 124 Å². The summed E-state index contributed by atoms with van der Waals surface area (Å²) in [4.78, 5) is 9.83. The van der Waals surface area contributed by atoms with Crippen LogP contribution in [0.5, 0.6) is 0 Å². The molecule has 1 rings (SSSR count). The van der Waals surface area contributed by atoms with E-state index in [1.165, 1.54) is 0 Å². The van der Waals surface area contributed by atoms with Gasteiger partial charge in [-0.3, -0.25) is 0 Å². The molecule has 0 aliphatic rings. The molecule has 112 valence electrons. The summed E-state index contributed by atoms with van der Waals surface area (Å²) in [7, 11) is -4.14. The number of carboxylic acids is 1. The van der Waals surface area contributed by atoms with Crippen LogP contribution in [0.2, 0.25) is 10.0 Å². The van der Waals surface area contributed by atoms with Gasteiger partial charge in [0.1, 0.15) is 4.90 Å². The number of hydrogen-bond acceptors (Lipinski definition) is 4. The summed E-state index contributed by atoms with van der Waals surface area (Å²) in [6.07, 6.45) is -2.04. The third-order valence-electron chi connectivity index (χ3n) is 2.28. The van der Waals surface area contributed by atoms with E-state index >= 15 is 0 Å². The number of benzene rings is 1. The Morgan fingerprint density at radius 2 is 2.00 bits per heavy atom. The van der Waals surface area contributed by atoms with Crippen molar-refractivity contribution in [3.63, 3.8) is 0 Å². The van der Waals surface area contributed by atoms with Crippen LogP contribution >= 0.6 is 23.2 Å². The molecule has 20 heavy (non-hydrogen) atoms. The predicted molar refractivity (Wildman–Crippen MR) is 69.9 cm³/mol. The van der Waals surface area contributed by atoms with E-state index in [2.05, 4.69) is 0 Å². The standard InChI is InChI=1S/C10H10Cl2FNO5S/c11-5-1-2-7(8(12)9(5)13)20(18,19)14-4-3-6(15)10(16)17/h1-2,6,14-15H,3-4H2,(H,16,17). The molecule has 0 bridgehead atoms. The van der Waals surface area contributed by atoms with E-state index in [-0.39, 0.29) is 18.0 Å². The zero-order chi connectivity index (χ0) is 15.5. The van der Waals surface area contributed by atoms with Gasteiger partial charge in [0, 0.05) is 6.54 Å².